The molecule has 132 valence electrons. The van der Waals surface area contributed by atoms with Crippen LogP contribution in [0.1, 0.15) is 44.7 Å². The molecule has 5 nitrogen and oxygen atoms in total. The van der Waals surface area contributed by atoms with Crippen LogP contribution in [0.25, 0.3) is 0 Å². The van der Waals surface area contributed by atoms with Gasteiger partial charge in [-0.2, -0.15) is 0 Å². The molecule has 2 N–H and O–H groups in total. The molecule has 1 saturated carbocycles. The number of amides is 2. The van der Waals surface area contributed by atoms with Gasteiger partial charge < -0.3 is 10.6 Å². The van der Waals surface area contributed by atoms with Crippen molar-refractivity contribution in [3.8, 4) is 0 Å². The lowest BCUT2D eigenvalue weighted by atomic mass is 10.1. The van der Waals surface area contributed by atoms with E-state index in [0.29, 0.717) is 18.5 Å². The summed E-state index contributed by atoms with van der Waals surface area (Å²) < 4.78 is 0. The molecule has 0 aromatic heterocycles. The molecule has 0 spiro atoms. The van der Waals surface area contributed by atoms with Crippen molar-refractivity contribution in [2.24, 2.45) is 5.92 Å². The summed E-state index contributed by atoms with van der Waals surface area (Å²) in [7, 11) is 1.59. The van der Waals surface area contributed by atoms with Crippen LogP contribution in [-0.2, 0) is 9.59 Å². The predicted molar refractivity (Wildman–Crippen MR) is 95.4 cm³/mol. The summed E-state index contributed by atoms with van der Waals surface area (Å²) in [6, 6.07) is 9.24. The molecule has 1 unspecified atom stereocenters. The molecule has 1 aromatic rings. The van der Waals surface area contributed by atoms with Crippen molar-refractivity contribution in [3.05, 3.63) is 35.9 Å². The largest absolute Gasteiger partial charge is 0.357 e. The summed E-state index contributed by atoms with van der Waals surface area (Å²) in [5.41, 5.74) is 0.797. The van der Waals surface area contributed by atoms with E-state index < -0.39 is 6.04 Å². The molecule has 0 aliphatic heterocycles. The van der Waals surface area contributed by atoms with Crippen LogP contribution in [0.2, 0.25) is 0 Å². The normalized spacial score (nSPS) is 15.4. The van der Waals surface area contributed by atoms with Crippen LogP contribution in [0, 0.1) is 5.92 Å². The first-order valence-corrected chi connectivity index (χ1v) is 8.81. The molecule has 2 rings (SSSR count). The van der Waals surface area contributed by atoms with E-state index >= 15 is 0 Å². The van der Waals surface area contributed by atoms with Crippen molar-refractivity contribution in [2.45, 2.75) is 45.2 Å². The number of hydrogen-bond donors (Lipinski definition) is 2. The van der Waals surface area contributed by atoms with E-state index in [-0.39, 0.29) is 11.8 Å². The van der Waals surface area contributed by atoms with Crippen LogP contribution in [0.15, 0.2) is 30.3 Å². The van der Waals surface area contributed by atoms with Crippen molar-refractivity contribution in [3.63, 3.8) is 0 Å². The standard InChI is InChI=1S/C19H29N3O2/c1-14(2)11-12-22(16-9-10-16)13-17(23)21-18(19(24)20-3)15-7-5-4-6-8-15/h4-8,14,16,18H,9-13H2,1-3H3,(H,20,24)(H,21,23). The second kappa shape index (κ2) is 8.83. The highest BCUT2D eigenvalue weighted by Gasteiger charge is 2.31. The van der Waals surface area contributed by atoms with Gasteiger partial charge in [0.25, 0.3) is 0 Å². The van der Waals surface area contributed by atoms with E-state index in [1.165, 1.54) is 12.8 Å². The summed E-state index contributed by atoms with van der Waals surface area (Å²) >= 11 is 0. The topological polar surface area (TPSA) is 61.4 Å². The molecule has 1 aromatic carbocycles. The van der Waals surface area contributed by atoms with Gasteiger partial charge in [0.15, 0.2) is 0 Å². The third-order valence-corrected chi connectivity index (χ3v) is 4.35. The highest BCUT2D eigenvalue weighted by molar-refractivity contribution is 5.89. The average Bonchev–Trinajstić information content (AvgIpc) is 3.41. The van der Waals surface area contributed by atoms with E-state index in [4.69, 9.17) is 0 Å². The van der Waals surface area contributed by atoms with Crippen LogP contribution in [0.5, 0.6) is 0 Å². The lowest BCUT2D eigenvalue weighted by molar-refractivity contribution is -0.129. The van der Waals surface area contributed by atoms with Crippen molar-refractivity contribution in [1.82, 2.24) is 15.5 Å². The summed E-state index contributed by atoms with van der Waals surface area (Å²) in [5, 5.41) is 5.52. The smallest absolute Gasteiger partial charge is 0.246 e. The average molecular weight is 331 g/mol. The summed E-state index contributed by atoms with van der Waals surface area (Å²) in [6.45, 7) is 5.69. The Kier molecular flexibility index (Phi) is 6.79. The molecule has 1 aliphatic carbocycles. The molecule has 0 radical (unpaired) electrons. The number of benzene rings is 1. The quantitative estimate of drug-likeness (QED) is 0.728. The van der Waals surface area contributed by atoms with Crippen molar-refractivity contribution in [2.75, 3.05) is 20.1 Å². The Morgan fingerprint density at radius 1 is 1.21 bits per heavy atom. The molecule has 1 aliphatic rings. The van der Waals surface area contributed by atoms with Gasteiger partial charge in [0, 0.05) is 13.1 Å². The Balaban J connectivity index is 1.97. The van der Waals surface area contributed by atoms with Gasteiger partial charge in [-0.05, 0) is 37.3 Å². The minimum Gasteiger partial charge on any atom is -0.357 e. The van der Waals surface area contributed by atoms with E-state index in [9.17, 15) is 9.59 Å². The molecular weight excluding hydrogens is 302 g/mol. The molecule has 0 saturated heterocycles. The molecule has 1 fully saturated rings. The Labute approximate surface area is 144 Å². The number of nitrogens with zero attached hydrogens (tertiary/aromatic N) is 1. The number of hydrogen-bond acceptors (Lipinski definition) is 3. The SMILES string of the molecule is CNC(=O)C(NC(=O)CN(CCC(C)C)C1CC1)c1ccccc1. The lowest BCUT2D eigenvalue weighted by Crippen LogP contribution is -2.44. The molecule has 5 heteroatoms. The zero-order valence-electron chi connectivity index (χ0n) is 14.9. The first-order chi connectivity index (χ1) is 11.5. The van der Waals surface area contributed by atoms with Crippen molar-refractivity contribution < 1.29 is 9.59 Å². The van der Waals surface area contributed by atoms with Crippen LogP contribution in [0.4, 0.5) is 0 Å². The van der Waals surface area contributed by atoms with Crippen LogP contribution >= 0.6 is 0 Å². The molecule has 1 atom stereocenters. The second-order valence-electron chi connectivity index (χ2n) is 6.91. The summed E-state index contributed by atoms with van der Waals surface area (Å²) in [4.78, 5) is 26.9. The highest BCUT2D eigenvalue weighted by atomic mass is 16.2. The fraction of sp³-hybridized carbons (Fsp3) is 0.579. The number of carbonyl (C=O) groups is 2. The van der Waals surface area contributed by atoms with Crippen LogP contribution in [-0.4, -0.2) is 42.9 Å². The van der Waals surface area contributed by atoms with Gasteiger partial charge in [-0.25, -0.2) is 0 Å². The second-order valence-corrected chi connectivity index (χ2v) is 6.91. The van der Waals surface area contributed by atoms with Crippen LogP contribution in [0.3, 0.4) is 0 Å². The maximum atomic E-state index is 12.5. The molecule has 0 bridgehead atoms. The van der Waals surface area contributed by atoms with Crippen molar-refractivity contribution >= 4 is 11.8 Å². The number of nitrogens with one attached hydrogen (secondary N) is 2. The fourth-order valence-electron chi connectivity index (χ4n) is 2.74. The monoisotopic (exact) mass is 331 g/mol. The minimum absolute atomic E-state index is 0.0943. The van der Waals surface area contributed by atoms with Gasteiger partial charge >= 0.3 is 0 Å². The van der Waals surface area contributed by atoms with Gasteiger partial charge in [-0.3, -0.25) is 14.5 Å². The Hall–Kier alpha value is -1.88. The fourth-order valence-corrected chi connectivity index (χ4v) is 2.74. The first-order valence-electron chi connectivity index (χ1n) is 8.81. The molecular formula is C19H29N3O2. The first kappa shape index (κ1) is 18.5. The number of carbonyl (C=O) groups excluding carboxylic acids is 2. The zero-order valence-corrected chi connectivity index (χ0v) is 14.9. The molecule has 24 heavy (non-hydrogen) atoms. The third-order valence-electron chi connectivity index (χ3n) is 4.35. The highest BCUT2D eigenvalue weighted by Crippen LogP contribution is 2.27. The third kappa shape index (κ3) is 5.64. The van der Waals surface area contributed by atoms with Crippen molar-refractivity contribution in [1.29, 1.82) is 0 Å². The summed E-state index contributed by atoms with van der Waals surface area (Å²) in [5.74, 6) is 0.329. The number of rotatable bonds is 9. The Bertz CT molecular complexity index is 541. The molecule has 0 heterocycles. The van der Waals surface area contributed by atoms with Crippen LogP contribution < -0.4 is 10.6 Å². The number of likely N-dealkylation sites (N-methyl/N-ethyl adjacent to an activating group) is 1. The van der Waals surface area contributed by atoms with E-state index in [1.807, 2.05) is 30.3 Å². The van der Waals surface area contributed by atoms with Gasteiger partial charge in [-0.1, -0.05) is 44.2 Å². The van der Waals surface area contributed by atoms with Gasteiger partial charge in [-0.15, -0.1) is 0 Å². The maximum absolute atomic E-state index is 12.5. The van der Waals surface area contributed by atoms with E-state index in [1.54, 1.807) is 7.05 Å². The zero-order chi connectivity index (χ0) is 17.5. The predicted octanol–water partition coefficient (Wildman–Crippen LogP) is 2.10. The minimum atomic E-state index is -0.644. The van der Waals surface area contributed by atoms with E-state index in [0.717, 1.165) is 18.5 Å². The van der Waals surface area contributed by atoms with Gasteiger partial charge in [0.05, 0.1) is 6.54 Å². The summed E-state index contributed by atoms with van der Waals surface area (Å²) in [6.07, 6.45) is 3.42. The van der Waals surface area contributed by atoms with E-state index in [2.05, 4.69) is 29.4 Å². The molecule has 2 amide bonds. The van der Waals surface area contributed by atoms with Gasteiger partial charge in [0.1, 0.15) is 6.04 Å². The lowest BCUT2D eigenvalue weighted by Gasteiger charge is -2.24. The Morgan fingerprint density at radius 2 is 1.88 bits per heavy atom. The Morgan fingerprint density at radius 3 is 2.42 bits per heavy atom. The van der Waals surface area contributed by atoms with Gasteiger partial charge in [0.2, 0.25) is 11.8 Å². The maximum Gasteiger partial charge on any atom is 0.246 e.